The molecule has 0 radical (unpaired) electrons. The van der Waals surface area contributed by atoms with Gasteiger partial charge in [0.2, 0.25) is 0 Å². The highest BCUT2D eigenvalue weighted by molar-refractivity contribution is 6.74. The molecule has 0 aliphatic rings. The van der Waals surface area contributed by atoms with E-state index in [1.54, 1.807) is 0 Å². The molecule has 0 aromatic carbocycles. The Labute approximate surface area is 108 Å². The van der Waals surface area contributed by atoms with Gasteiger partial charge < -0.3 is 9.16 Å². The van der Waals surface area contributed by atoms with Crippen molar-refractivity contribution in [1.29, 1.82) is 0 Å². The van der Waals surface area contributed by atoms with Crippen LogP contribution in [0, 0.1) is 12.3 Å². The van der Waals surface area contributed by atoms with Crippen LogP contribution in [-0.4, -0.2) is 28.1 Å². The molecule has 17 heavy (non-hydrogen) atoms. The van der Waals surface area contributed by atoms with Crippen molar-refractivity contribution in [3.63, 3.8) is 0 Å². The quantitative estimate of drug-likeness (QED) is 0.373. The molecule has 0 heterocycles. The van der Waals surface area contributed by atoms with E-state index in [9.17, 15) is 0 Å². The van der Waals surface area contributed by atoms with E-state index in [2.05, 4.69) is 39.8 Å². The first-order chi connectivity index (χ1) is 7.81. The third-order valence-electron chi connectivity index (χ3n) is 3.34. The van der Waals surface area contributed by atoms with Crippen molar-refractivity contribution < 1.29 is 9.16 Å². The summed E-state index contributed by atoms with van der Waals surface area (Å²) in [7, 11) is -1.55. The molecule has 0 spiro atoms. The lowest BCUT2D eigenvalue weighted by Gasteiger charge is -2.36. The second-order valence-corrected chi connectivity index (χ2v) is 10.7. The summed E-state index contributed by atoms with van der Waals surface area (Å²) >= 11 is 0. The van der Waals surface area contributed by atoms with Crippen molar-refractivity contribution in [1.82, 2.24) is 0 Å². The van der Waals surface area contributed by atoms with Gasteiger partial charge in [-0.2, -0.15) is 0 Å². The third-order valence-corrected chi connectivity index (χ3v) is 7.88. The van der Waals surface area contributed by atoms with Gasteiger partial charge in [0.25, 0.3) is 0 Å². The molecule has 0 atom stereocenters. The van der Waals surface area contributed by atoms with Gasteiger partial charge in [0.1, 0.15) is 0 Å². The summed E-state index contributed by atoms with van der Waals surface area (Å²) in [5.41, 5.74) is 0. The Morgan fingerprint density at radius 1 is 1.06 bits per heavy atom. The predicted molar refractivity (Wildman–Crippen MR) is 76.7 cm³/mol. The number of ether oxygens (including phenoxy) is 1. The molecule has 0 unspecified atom stereocenters. The minimum absolute atomic E-state index is 0.302. The summed E-state index contributed by atoms with van der Waals surface area (Å²) in [6, 6.07) is 0. The average Bonchev–Trinajstić information content (AvgIpc) is 2.20. The zero-order valence-electron chi connectivity index (χ0n) is 12.1. The molecule has 0 N–H and O–H groups in total. The van der Waals surface area contributed by atoms with Crippen LogP contribution in [-0.2, 0) is 9.16 Å². The molecule has 0 amide bonds. The summed E-state index contributed by atoms with van der Waals surface area (Å²) in [5.74, 6) is 2.56. The Bertz CT molecular complexity index is 236. The van der Waals surface area contributed by atoms with Gasteiger partial charge in [-0.3, -0.25) is 0 Å². The molecule has 0 aliphatic heterocycles. The summed E-state index contributed by atoms with van der Waals surface area (Å²) in [6.07, 6.45) is 7.97. The Hall–Kier alpha value is -0.303. The smallest absolute Gasteiger partial charge is 0.191 e. The van der Waals surface area contributed by atoms with Crippen molar-refractivity contribution in [3.05, 3.63) is 0 Å². The van der Waals surface area contributed by atoms with Crippen LogP contribution in [0.15, 0.2) is 0 Å². The molecular formula is C14H28O2Si. The first-order valence-electron chi connectivity index (χ1n) is 6.46. The Morgan fingerprint density at radius 2 is 1.65 bits per heavy atom. The fourth-order valence-electron chi connectivity index (χ4n) is 1.08. The number of unbranched alkanes of at least 4 members (excludes halogenated alkanes) is 1. The topological polar surface area (TPSA) is 18.5 Å². The van der Waals surface area contributed by atoms with E-state index in [1.807, 2.05) is 0 Å². The third kappa shape index (κ3) is 7.59. The molecule has 0 saturated heterocycles. The van der Waals surface area contributed by atoms with Gasteiger partial charge in [0, 0.05) is 19.6 Å². The van der Waals surface area contributed by atoms with Crippen LogP contribution < -0.4 is 0 Å². The van der Waals surface area contributed by atoms with Crippen LogP contribution >= 0.6 is 0 Å². The van der Waals surface area contributed by atoms with Crippen molar-refractivity contribution in [3.8, 4) is 12.3 Å². The molecule has 0 aliphatic carbocycles. The highest BCUT2D eigenvalue weighted by Gasteiger charge is 2.36. The van der Waals surface area contributed by atoms with E-state index in [1.165, 1.54) is 0 Å². The maximum atomic E-state index is 6.07. The number of hydrogen-bond acceptors (Lipinski definition) is 2. The average molecular weight is 256 g/mol. The van der Waals surface area contributed by atoms with E-state index < -0.39 is 8.32 Å². The maximum absolute atomic E-state index is 6.07. The predicted octanol–water partition coefficient (Wildman–Crippen LogP) is 3.83. The molecule has 0 rings (SSSR count). The second kappa shape index (κ2) is 7.92. The Kier molecular flexibility index (Phi) is 7.77. The van der Waals surface area contributed by atoms with Crippen LogP contribution in [0.3, 0.4) is 0 Å². The fourth-order valence-corrected chi connectivity index (χ4v) is 2.17. The van der Waals surface area contributed by atoms with Gasteiger partial charge in [-0.1, -0.05) is 20.8 Å². The molecule has 0 saturated carbocycles. The standard InChI is InChI=1S/C14H28O2Si/c1-7-8-11-15-12-9-10-13-16-17(5,6)14(2,3)4/h1H,8-13H2,2-6H3. The van der Waals surface area contributed by atoms with Crippen LogP contribution in [0.1, 0.15) is 40.0 Å². The van der Waals surface area contributed by atoms with Crippen LogP contribution in [0.25, 0.3) is 0 Å². The van der Waals surface area contributed by atoms with E-state index in [0.29, 0.717) is 18.1 Å². The van der Waals surface area contributed by atoms with Gasteiger partial charge in [-0.05, 0) is 31.0 Å². The highest BCUT2D eigenvalue weighted by atomic mass is 28.4. The largest absolute Gasteiger partial charge is 0.417 e. The summed E-state index contributed by atoms with van der Waals surface area (Å²) in [4.78, 5) is 0. The highest BCUT2D eigenvalue weighted by Crippen LogP contribution is 2.36. The normalized spacial score (nSPS) is 12.5. The molecule has 2 nitrogen and oxygen atoms in total. The van der Waals surface area contributed by atoms with Crippen LogP contribution in [0.4, 0.5) is 0 Å². The monoisotopic (exact) mass is 256 g/mol. The molecule has 0 aromatic rings. The Balaban J connectivity index is 3.49. The lowest BCUT2D eigenvalue weighted by atomic mass is 10.2. The van der Waals surface area contributed by atoms with E-state index in [4.69, 9.17) is 15.6 Å². The van der Waals surface area contributed by atoms with Gasteiger partial charge >= 0.3 is 0 Å². The number of rotatable bonds is 8. The molecule has 0 fully saturated rings. The van der Waals surface area contributed by atoms with E-state index in [-0.39, 0.29) is 0 Å². The fraction of sp³-hybridized carbons (Fsp3) is 0.857. The summed E-state index contributed by atoms with van der Waals surface area (Å²) in [6.45, 7) is 13.7. The van der Waals surface area contributed by atoms with E-state index >= 15 is 0 Å². The van der Waals surface area contributed by atoms with Gasteiger partial charge in [0.15, 0.2) is 8.32 Å². The number of terminal acetylenes is 1. The SMILES string of the molecule is C#CCCOCCCCO[Si](C)(C)C(C)(C)C. The molecule has 0 bridgehead atoms. The lowest BCUT2D eigenvalue weighted by Crippen LogP contribution is -2.40. The minimum Gasteiger partial charge on any atom is -0.417 e. The Morgan fingerprint density at radius 3 is 2.18 bits per heavy atom. The first-order valence-corrected chi connectivity index (χ1v) is 9.37. The van der Waals surface area contributed by atoms with Gasteiger partial charge in [-0.15, -0.1) is 12.3 Å². The van der Waals surface area contributed by atoms with Gasteiger partial charge in [0.05, 0.1) is 6.61 Å². The van der Waals surface area contributed by atoms with Crippen molar-refractivity contribution in [2.24, 2.45) is 0 Å². The summed E-state index contributed by atoms with van der Waals surface area (Å²) < 4.78 is 11.5. The molecule has 100 valence electrons. The zero-order chi connectivity index (χ0) is 13.4. The van der Waals surface area contributed by atoms with Crippen molar-refractivity contribution in [2.75, 3.05) is 19.8 Å². The first kappa shape index (κ1) is 16.7. The van der Waals surface area contributed by atoms with Gasteiger partial charge in [-0.25, -0.2) is 0 Å². The van der Waals surface area contributed by atoms with Crippen molar-refractivity contribution >= 4 is 8.32 Å². The lowest BCUT2D eigenvalue weighted by molar-refractivity contribution is 0.131. The summed E-state index contributed by atoms with van der Waals surface area (Å²) in [5, 5.41) is 0.302. The second-order valence-electron chi connectivity index (χ2n) is 5.88. The molecule has 0 aromatic heterocycles. The van der Waals surface area contributed by atoms with Crippen LogP contribution in [0.2, 0.25) is 18.1 Å². The zero-order valence-corrected chi connectivity index (χ0v) is 13.1. The molecule has 3 heteroatoms. The number of hydrogen-bond donors (Lipinski definition) is 0. The minimum atomic E-state index is -1.55. The van der Waals surface area contributed by atoms with Crippen LogP contribution in [0.5, 0.6) is 0 Å². The molecular weight excluding hydrogens is 228 g/mol. The maximum Gasteiger partial charge on any atom is 0.191 e. The van der Waals surface area contributed by atoms with E-state index in [0.717, 1.165) is 26.1 Å². The van der Waals surface area contributed by atoms with Crippen molar-refractivity contribution in [2.45, 2.75) is 58.2 Å².